The molecular weight excluding hydrogens is 342 g/mol. The first-order valence-corrected chi connectivity index (χ1v) is 8.64. The molecule has 0 atom stereocenters. The first-order valence-electron chi connectivity index (χ1n) is 8.26. The lowest BCUT2D eigenvalue weighted by atomic mass is 10.1. The number of aryl methyl sites for hydroxylation is 1. The van der Waals surface area contributed by atoms with Crippen LogP contribution in [0.25, 0.3) is 5.65 Å². The van der Waals surface area contributed by atoms with Crippen LogP contribution in [0.2, 0.25) is 0 Å². The predicted molar refractivity (Wildman–Crippen MR) is 96.4 cm³/mol. The Labute approximate surface area is 150 Å². The molecular formula is C18H20ClN3O3. The van der Waals surface area contributed by atoms with Crippen LogP contribution in [0.15, 0.2) is 39.8 Å². The van der Waals surface area contributed by atoms with Gasteiger partial charge in [-0.3, -0.25) is 4.79 Å². The Morgan fingerprint density at radius 1 is 1.48 bits per heavy atom. The van der Waals surface area contributed by atoms with Gasteiger partial charge >= 0.3 is 5.97 Å². The zero-order valence-electron chi connectivity index (χ0n) is 14.2. The highest BCUT2D eigenvalue weighted by Gasteiger charge is 2.28. The third-order valence-corrected chi connectivity index (χ3v) is 4.44. The Balaban J connectivity index is 2.03. The van der Waals surface area contributed by atoms with Gasteiger partial charge in [0.2, 0.25) is 0 Å². The standard InChI is InChI=1S/C18H20ClN3O3/c1-3-12(8-11(2)19)6-7-21-10-14(18(24)25)17(23)22-16(21)9-15(20-22)13-4-5-13/h3,8-10,13H,4-7H2,1-2H3,(H,24,25). The fraction of sp³-hybridized carbons (Fsp3) is 0.389. The SMILES string of the molecule is CC=C(C=C(C)Cl)CCn1cc(C(=O)O)c(=O)n2nc(C3CC3)cc12. The topological polar surface area (TPSA) is 76.6 Å². The van der Waals surface area contributed by atoms with Gasteiger partial charge in [-0.1, -0.05) is 17.7 Å². The molecule has 1 saturated carbocycles. The average Bonchev–Trinajstić information content (AvgIpc) is 3.31. The number of carboxylic acid groups (broad SMARTS) is 1. The lowest BCUT2D eigenvalue weighted by Crippen LogP contribution is -2.26. The lowest BCUT2D eigenvalue weighted by molar-refractivity contribution is 0.0693. The summed E-state index contributed by atoms with van der Waals surface area (Å²) >= 11 is 5.94. The van der Waals surface area contributed by atoms with Crippen molar-refractivity contribution in [1.82, 2.24) is 14.2 Å². The summed E-state index contributed by atoms with van der Waals surface area (Å²) in [7, 11) is 0. The van der Waals surface area contributed by atoms with E-state index >= 15 is 0 Å². The number of carbonyl (C=O) groups is 1. The molecule has 1 aliphatic carbocycles. The predicted octanol–water partition coefficient (Wildman–Crippen LogP) is 3.55. The molecule has 0 unspecified atom stereocenters. The fourth-order valence-electron chi connectivity index (χ4n) is 2.84. The molecule has 0 spiro atoms. The van der Waals surface area contributed by atoms with E-state index in [-0.39, 0.29) is 5.56 Å². The highest BCUT2D eigenvalue weighted by atomic mass is 35.5. The Kier molecular flexibility index (Phi) is 4.81. The zero-order chi connectivity index (χ0) is 18.1. The van der Waals surface area contributed by atoms with Crippen molar-refractivity contribution in [2.45, 2.75) is 45.6 Å². The summed E-state index contributed by atoms with van der Waals surface area (Å²) in [4.78, 5) is 23.8. The van der Waals surface area contributed by atoms with Gasteiger partial charge in [0.25, 0.3) is 5.56 Å². The summed E-state index contributed by atoms with van der Waals surface area (Å²) in [5.74, 6) is -0.860. The number of carboxylic acids is 1. The maximum Gasteiger partial charge on any atom is 0.342 e. The summed E-state index contributed by atoms with van der Waals surface area (Å²) in [6.45, 7) is 4.27. The van der Waals surface area contributed by atoms with Crippen molar-refractivity contribution in [3.63, 3.8) is 0 Å². The minimum atomic E-state index is -1.24. The maximum atomic E-state index is 12.4. The average molecular weight is 362 g/mol. The van der Waals surface area contributed by atoms with Crippen LogP contribution in [0.3, 0.4) is 0 Å². The number of halogens is 1. The van der Waals surface area contributed by atoms with E-state index in [2.05, 4.69) is 5.10 Å². The van der Waals surface area contributed by atoms with Gasteiger partial charge in [-0.25, -0.2) is 4.79 Å². The van der Waals surface area contributed by atoms with E-state index < -0.39 is 11.5 Å². The van der Waals surface area contributed by atoms with Gasteiger partial charge in [-0.15, -0.1) is 0 Å². The van der Waals surface area contributed by atoms with Gasteiger partial charge in [0.05, 0.1) is 5.69 Å². The molecule has 2 heterocycles. The van der Waals surface area contributed by atoms with Crippen LogP contribution in [-0.4, -0.2) is 25.3 Å². The number of fused-ring (bicyclic) bond motifs is 1. The second kappa shape index (κ2) is 6.88. The van der Waals surface area contributed by atoms with Gasteiger partial charge < -0.3 is 9.67 Å². The molecule has 3 rings (SSSR count). The van der Waals surface area contributed by atoms with Crippen LogP contribution in [0.5, 0.6) is 0 Å². The van der Waals surface area contributed by atoms with Crippen molar-refractivity contribution >= 4 is 23.2 Å². The van der Waals surface area contributed by atoms with Crippen molar-refractivity contribution in [1.29, 1.82) is 0 Å². The molecule has 0 saturated heterocycles. The molecule has 0 radical (unpaired) electrons. The van der Waals surface area contributed by atoms with E-state index in [9.17, 15) is 14.7 Å². The van der Waals surface area contributed by atoms with E-state index in [1.165, 1.54) is 10.7 Å². The minimum Gasteiger partial charge on any atom is -0.477 e. The van der Waals surface area contributed by atoms with Crippen molar-refractivity contribution in [3.8, 4) is 0 Å². The van der Waals surface area contributed by atoms with E-state index in [0.29, 0.717) is 29.6 Å². The Morgan fingerprint density at radius 2 is 2.20 bits per heavy atom. The van der Waals surface area contributed by atoms with Gasteiger partial charge in [0.1, 0.15) is 11.2 Å². The second-order valence-corrected chi connectivity index (χ2v) is 6.90. The Hall–Kier alpha value is -2.34. The first kappa shape index (κ1) is 17.5. The van der Waals surface area contributed by atoms with Crippen LogP contribution >= 0.6 is 11.6 Å². The minimum absolute atomic E-state index is 0.274. The quantitative estimate of drug-likeness (QED) is 0.798. The molecule has 0 bridgehead atoms. The smallest absolute Gasteiger partial charge is 0.342 e. The molecule has 6 nitrogen and oxygen atoms in total. The molecule has 1 fully saturated rings. The molecule has 0 amide bonds. The molecule has 25 heavy (non-hydrogen) atoms. The number of rotatable bonds is 6. The largest absolute Gasteiger partial charge is 0.477 e. The summed E-state index contributed by atoms with van der Waals surface area (Å²) in [5.41, 5.74) is 1.66. The first-order chi connectivity index (χ1) is 11.9. The molecule has 2 aromatic rings. The third-order valence-electron chi connectivity index (χ3n) is 4.33. The molecule has 1 N–H and O–H groups in total. The normalized spacial score (nSPS) is 15.8. The molecule has 2 aromatic heterocycles. The van der Waals surface area contributed by atoms with Gasteiger partial charge in [0, 0.05) is 29.8 Å². The third kappa shape index (κ3) is 3.69. The van der Waals surface area contributed by atoms with E-state index in [1.54, 1.807) is 4.57 Å². The maximum absolute atomic E-state index is 12.4. The van der Waals surface area contributed by atoms with Gasteiger partial charge in [-0.05, 0) is 44.8 Å². The monoisotopic (exact) mass is 361 g/mol. The second-order valence-electron chi connectivity index (χ2n) is 6.30. The highest BCUT2D eigenvalue weighted by Crippen LogP contribution is 2.39. The van der Waals surface area contributed by atoms with Crippen molar-refractivity contribution in [2.75, 3.05) is 0 Å². The van der Waals surface area contributed by atoms with Crippen LogP contribution in [0.1, 0.15) is 55.1 Å². The summed E-state index contributed by atoms with van der Waals surface area (Å²) in [6, 6.07) is 1.89. The van der Waals surface area contributed by atoms with Gasteiger partial charge in [-0.2, -0.15) is 9.61 Å². The molecule has 1 aliphatic rings. The number of allylic oxidation sites excluding steroid dienone is 4. The lowest BCUT2D eigenvalue weighted by Gasteiger charge is -2.10. The van der Waals surface area contributed by atoms with Crippen LogP contribution in [0, 0.1) is 0 Å². The van der Waals surface area contributed by atoms with E-state index in [1.807, 2.05) is 32.1 Å². The molecule has 7 heteroatoms. The summed E-state index contributed by atoms with van der Waals surface area (Å²) < 4.78 is 3.00. The van der Waals surface area contributed by atoms with E-state index in [0.717, 1.165) is 24.1 Å². The number of hydrogen-bond donors (Lipinski definition) is 1. The molecule has 0 aliphatic heterocycles. The van der Waals surface area contributed by atoms with Crippen molar-refractivity contribution in [2.24, 2.45) is 0 Å². The summed E-state index contributed by atoms with van der Waals surface area (Å²) in [6.07, 6.45) is 8.05. The number of aromatic nitrogens is 3. The summed E-state index contributed by atoms with van der Waals surface area (Å²) in [5, 5.41) is 14.4. The fourth-order valence-corrected chi connectivity index (χ4v) is 2.98. The highest BCUT2D eigenvalue weighted by molar-refractivity contribution is 6.29. The van der Waals surface area contributed by atoms with Crippen LogP contribution in [0.4, 0.5) is 0 Å². The Morgan fingerprint density at radius 3 is 2.76 bits per heavy atom. The number of hydrogen-bond acceptors (Lipinski definition) is 3. The molecule has 132 valence electrons. The number of aromatic carboxylic acids is 1. The van der Waals surface area contributed by atoms with Crippen LogP contribution < -0.4 is 5.56 Å². The van der Waals surface area contributed by atoms with Gasteiger partial charge in [0.15, 0.2) is 0 Å². The van der Waals surface area contributed by atoms with Crippen LogP contribution in [-0.2, 0) is 6.54 Å². The molecule has 0 aromatic carbocycles. The number of nitrogens with zero attached hydrogens (tertiary/aromatic N) is 3. The van der Waals surface area contributed by atoms with Crippen molar-refractivity contribution in [3.05, 3.63) is 56.6 Å². The van der Waals surface area contributed by atoms with E-state index in [4.69, 9.17) is 11.6 Å². The Bertz CT molecular complexity index is 944. The zero-order valence-corrected chi connectivity index (χ0v) is 15.0. The van der Waals surface area contributed by atoms with Crippen molar-refractivity contribution < 1.29 is 9.90 Å².